The largest absolute Gasteiger partial charge is 0.586 e. The lowest BCUT2D eigenvalue weighted by Crippen LogP contribution is -2.25. The number of aryl methyl sites for hydroxylation is 1. The number of rotatable bonds is 2. The highest BCUT2D eigenvalue weighted by Crippen LogP contribution is 2.41. The van der Waals surface area contributed by atoms with Crippen LogP contribution in [0.3, 0.4) is 0 Å². The second-order valence-electron chi connectivity index (χ2n) is 5.18. The van der Waals surface area contributed by atoms with E-state index >= 15 is 0 Å². The summed E-state index contributed by atoms with van der Waals surface area (Å²) in [5.74, 6) is 0.519. The van der Waals surface area contributed by atoms with Crippen LogP contribution in [0.4, 0.5) is 8.78 Å². The molecule has 0 atom stereocenters. The molecule has 4 rings (SSSR count). The van der Waals surface area contributed by atoms with Gasteiger partial charge in [-0.15, -0.1) is 13.9 Å². The molecule has 3 aromatic rings. The maximum absolute atomic E-state index is 13.0. The fourth-order valence-corrected chi connectivity index (χ4v) is 2.30. The first-order chi connectivity index (χ1) is 11.0. The highest BCUT2D eigenvalue weighted by atomic mass is 19.3. The van der Waals surface area contributed by atoms with Crippen molar-refractivity contribution < 1.29 is 18.3 Å². The molecule has 2 heterocycles. The molecule has 1 aliphatic rings. The van der Waals surface area contributed by atoms with Gasteiger partial charge in [-0.25, -0.2) is 9.67 Å². The maximum Gasteiger partial charge on any atom is 0.586 e. The summed E-state index contributed by atoms with van der Waals surface area (Å²) in [6.07, 6.45) is -2.11. The van der Waals surface area contributed by atoms with E-state index < -0.39 is 6.29 Å². The topological polar surface area (TPSA) is 49.2 Å². The van der Waals surface area contributed by atoms with Gasteiger partial charge < -0.3 is 9.47 Å². The molecule has 0 aliphatic carbocycles. The first-order valence-corrected chi connectivity index (χ1v) is 6.89. The summed E-state index contributed by atoms with van der Waals surface area (Å²) in [4.78, 5) is 4.25. The molecular formula is C16H11F2N3O2. The molecule has 0 saturated heterocycles. The van der Waals surface area contributed by atoms with Crippen LogP contribution in [0.5, 0.6) is 11.5 Å². The zero-order valence-electron chi connectivity index (χ0n) is 12.0. The molecule has 2 aromatic carbocycles. The Labute approximate surface area is 130 Å². The van der Waals surface area contributed by atoms with E-state index in [-0.39, 0.29) is 11.5 Å². The molecule has 0 fully saturated rings. The first kappa shape index (κ1) is 13.7. The summed E-state index contributed by atoms with van der Waals surface area (Å²) >= 11 is 0. The van der Waals surface area contributed by atoms with E-state index in [1.165, 1.54) is 23.1 Å². The fourth-order valence-electron chi connectivity index (χ4n) is 2.30. The Morgan fingerprint density at radius 1 is 1.00 bits per heavy atom. The van der Waals surface area contributed by atoms with Crippen LogP contribution in [-0.2, 0) is 0 Å². The standard InChI is InChI=1S/C16H11F2N3O2/c1-10-2-4-11(5-3-10)15-19-9-21(20-15)12-6-7-13-14(8-12)23-16(17,18)22-13/h2-9H,1H3. The van der Waals surface area contributed by atoms with Crippen LogP contribution < -0.4 is 9.47 Å². The molecule has 1 aromatic heterocycles. The average molecular weight is 315 g/mol. The first-order valence-electron chi connectivity index (χ1n) is 6.89. The van der Waals surface area contributed by atoms with Gasteiger partial charge in [-0.2, -0.15) is 0 Å². The third-order valence-electron chi connectivity index (χ3n) is 3.45. The molecule has 0 N–H and O–H groups in total. The van der Waals surface area contributed by atoms with Crippen molar-refractivity contribution in [2.45, 2.75) is 13.2 Å². The van der Waals surface area contributed by atoms with Gasteiger partial charge in [-0.1, -0.05) is 29.8 Å². The van der Waals surface area contributed by atoms with Crippen molar-refractivity contribution in [3.63, 3.8) is 0 Å². The smallest absolute Gasteiger partial charge is 0.395 e. The van der Waals surface area contributed by atoms with E-state index in [4.69, 9.17) is 0 Å². The molecule has 0 radical (unpaired) electrons. The van der Waals surface area contributed by atoms with E-state index in [0.717, 1.165) is 11.1 Å². The van der Waals surface area contributed by atoms with E-state index in [1.54, 1.807) is 6.07 Å². The van der Waals surface area contributed by atoms with Gasteiger partial charge in [0.1, 0.15) is 6.33 Å². The van der Waals surface area contributed by atoms with Gasteiger partial charge in [0, 0.05) is 11.6 Å². The van der Waals surface area contributed by atoms with Gasteiger partial charge in [0.25, 0.3) is 0 Å². The Kier molecular flexibility index (Phi) is 2.84. The van der Waals surface area contributed by atoms with Crippen LogP contribution in [0.25, 0.3) is 17.1 Å². The second-order valence-corrected chi connectivity index (χ2v) is 5.18. The van der Waals surface area contributed by atoms with Gasteiger partial charge in [-0.05, 0) is 19.1 Å². The summed E-state index contributed by atoms with van der Waals surface area (Å²) in [6, 6.07) is 12.3. The molecule has 0 saturated carbocycles. The molecule has 23 heavy (non-hydrogen) atoms. The molecule has 0 spiro atoms. The van der Waals surface area contributed by atoms with E-state index in [9.17, 15) is 8.78 Å². The van der Waals surface area contributed by atoms with Crippen molar-refractivity contribution in [1.29, 1.82) is 0 Å². The normalized spacial score (nSPS) is 14.9. The van der Waals surface area contributed by atoms with Crippen LogP contribution in [0.15, 0.2) is 48.8 Å². The summed E-state index contributed by atoms with van der Waals surface area (Å²) in [5, 5.41) is 4.36. The lowest BCUT2D eigenvalue weighted by Gasteiger charge is -2.04. The molecule has 5 nitrogen and oxygen atoms in total. The second kappa shape index (κ2) is 4.77. The third-order valence-corrected chi connectivity index (χ3v) is 3.45. The van der Waals surface area contributed by atoms with Gasteiger partial charge in [0.15, 0.2) is 17.3 Å². The quantitative estimate of drug-likeness (QED) is 0.725. The summed E-state index contributed by atoms with van der Waals surface area (Å²) in [6.45, 7) is 2.00. The molecular weight excluding hydrogens is 304 g/mol. The minimum atomic E-state index is -3.63. The van der Waals surface area contributed by atoms with Gasteiger partial charge in [0.2, 0.25) is 0 Å². The molecule has 0 amide bonds. The predicted molar refractivity (Wildman–Crippen MR) is 77.7 cm³/mol. The van der Waals surface area contributed by atoms with Crippen LogP contribution in [0.2, 0.25) is 0 Å². The van der Waals surface area contributed by atoms with Crippen LogP contribution in [0, 0.1) is 6.92 Å². The molecule has 116 valence electrons. The number of fused-ring (bicyclic) bond motifs is 1. The van der Waals surface area contributed by atoms with E-state index in [1.807, 2.05) is 31.2 Å². The summed E-state index contributed by atoms with van der Waals surface area (Å²) < 4.78 is 36.4. The van der Waals surface area contributed by atoms with Crippen molar-refractivity contribution in [3.05, 3.63) is 54.4 Å². The number of alkyl halides is 2. The summed E-state index contributed by atoms with van der Waals surface area (Å²) in [5.41, 5.74) is 2.57. The fraction of sp³-hybridized carbons (Fsp3) is 0.125. The van der Waals surface area contributed by atoms with E-state index in [0.29, 0.717) is 11.5 Å². The maximum atomic E-state index is 13.0. The Bertz CT molecular complexity index is 875. The molecule has 0 bridgehead atoms. The molecule has 1 aliphatic heterocycles. The van der Waals surface area contributed by atoms with Crippen molar-refractivity contribution in [1.82, 2.24) is 14.8 Å². The number of ether oxygens (including phenoxy) is 2. The lowest BCUT2D eigenvalue weighted by atomic mass is 10.1. The van der Waals surface area contributed by atoms with Crippen molar-refractivity contribution in [2.75, 3.05) is 0 Å². The predicted octanol–water partition coefficient (Wildman–Crippen LogP) is 3.56. The average Bonchev–Trinajstić information content (AvgIpc) is 3.09. The van der Waals surface area contributed by atoms with Gasteiger partial charge >= 0.3 is 6.29 Å². The Morgan fingerprint density at radius 2 is 1.74 bits per heavy atom. The number of nitrogens with zero attached hydrogens (tertiary/aromatic N) is 3. The lowest BCUT2D eigenvalue weighted by molar-refractivity contribution is -0.286. The third kappa shape index (κ3) is 2.50. The van der Waals surface area contributed by atoms with Gasteiger partial charge in [0.05, 0.1) is 5.69 Å². The number of aromatic nitrogens is 3. The molecule has 7 heteroatoms. The highest BCUT2D eigenvalue weighted by Gasteiger charge is 2.43. The van der Waals surface area contributed by atoms with Crippen molar-refractivity contribution in [3.8, 4) is 28.6 Å². The highest BCUT2D eigenvalue weighted by molar-refractivity contribution is 5.55. The van der Waals surface area contributed by atoms with Gasteiger partial charge in [-0.3, -0.25) is 0 Å². The minimum Gasteiger partial charge on any atom is -0.395 e. The van der Waals surface area contributed by atoms with Crippen LogP contribution >= 0.6 is 0 Å². The monoisotopic (exact) mass is 315 g/mol. The van der Waals surface area contributed by atoms with Crippen LogP contribution in [-0.4, -0.2) is 21.1 Å². The number of hydrogen-bond acceptors (Lipinski definition) is 4. The Morgan fingerprint density at radius 3 is 2.52 bits per heavy atom. The number of benzene rings is 2. The van der Waals surface area contributed by atoms with Crippen LogP contribution in [0.1, 0.15) is 5.56 Å². The van der Waals surface area contributed by atoms with Crippen molar-refractivity contribution >= 4 is 0 Å². The zero-order valence-corrected chi connectivity index (χ0v) is 12.0. The SMILES string of the molecule is Cc1ccc(-c2ncn(-c3ccc4c(c3)OC(F)(F)O4)n2)cc1. The summed E-state index contributed by atoms with van der Waals surface area (Å²) in [7, 11) is 0. The van der Waals surface area contributed by atoms with Crippen molar-refractivity contribution in [2.24, 2.45) is 0 Å². The minimum absolute atomic E-state index is 0.00220. The number of hydrogen-bond donors (Lipinski definition) is 0. The molecule has 0 unspecified atom stereocenters. The Balaban J connectivity index is 1.67. The van der Waals surface area contributed by atoms with E-state index in [2.05, 4.69) is 19.6 Å². The number of halogens is 2. The Hall–Kier alpha value is -2.96. The zero-order chi connectivity index (χ0) is 16.0.